The Morgan fingerprint density at radius 1 is 1.22 bits per heavy atom. The maximum atomic E-state index is 12.6. The van der Waals surface area contributed by atoms with Crippen LogP contribution in [0.1, 0.15) is 11.3 Å². The third kappa shape index (κ3) is 3.07. The average molecular weight is 319 g/mol. The highest BCUT2D eigenvalue weighted by Crippen LogP contribution is 2.34. The van der Waals surface area contributed by atoms with Gasteiger partial charge in [0.25, 0.3) is 0 Å². The Bertz CT molecular complexity index is 521. The van der Waals surface area contributed by atoms with Crippen molar-refractivity contribution in [1.29, 1.82) is 0 Å². The fourth-order valence-corrected chi connectivity index (χ4v) is 1.89. The van der Waals surface area contributed by atoms with E-state index in [2.05, 4.69) is 26.2 Å². The van der Waals surface area contributed by atoms with Gasteiger partial charge in [-0.1, -0.05) is 0 Å². The van der Waals surface area contributed by atoms with Gasteiger partial charge in [0.1, 0.15) is 0 Å². The highest BCUT2D eigenvalue weighted by atomic mass is 79.9. The molecule has 0 fully saturated rings. The Balaban J connectivity index is 2.16. The van der Waals surface area contributed by atoms with E-state index < -0.39 is 11.7 Å². The van der Waals surface area contributed by atoms with Crippen molar-refractivity contribution in [2.75, 3.05) is 5.32 Å². The van der Waals surface area contributed by atoms with Crippen LogP contribution in [0.2, 0.25) is 0 Å². The molecule has 2 N–H and O–H groups in total. The highest BCUT2D eigenvalue weighted by molar-refractivity contribution is 9.10. The monoisotopic (exact) mass is 318 g/mol. The number of halogens is 4. The molecule has 0 unspecified atom stereocenters. The van der Waals surface area contributed by atoms with Gasteiger partial charge in [-0.3, -0.25) is 0 Å². The molecule has 0 spiro atoms. The Kier molecular flexibility index (Phi) is 3.65. The topological polar surface area (TPSA) is 27.8 Å². The summed E-state index contributed by atoms with van der Waals surface area (Å²) in [6, 6.07) is 7.21. The molecule has 0 saturated heterocycles. The Morgan fingerprint density at radius 3 is 2.61 bits per heavy atom. The molecule has 0 atom stereocenters. The minimum absolute atomic E-state index is 0.416. The fourth-order valence-electron chi connectivity index (χ4n) is 1.51. The first-order valence-electron chi connectivity index (χ1n) is 5.20. The maximum Gasteiger partial charge on any atom is 0.416 e. The van der Waals surface area contributed by atoms with Gasteiger partial charge in [0.2, 0.25) is 0 Å². The van der Waals surface area contributed by atoms with Crippen LogP contribution in [0.4, 0.5) is 18.9 Å². The number of aromatic amines is 1. The van der Waals surface area contributed by atoms with Crippen LogP contribution in [0.5, 0.6) is 0 Å². The van der Waals surface area contributed by atoms with Crippen LogP contribution < -0.4 is 5.32 Å². The van der Waals surface area contributed by atoms with Gasteiger partial charge in [0, 0.05) is 22.1 Å². The molecule has 0 amide bonds. The van der Waals surface area contributed by atoms with Crippen molar-refractivity contribution in [1.82, 2.24) is 4.98 Å². The van der Waals surface area contributed by atoms with Crippen molar-refractivity contribution in [2.45, 2.75) is 12.7 Å². The van der Waals surface area contributed by atoms with Crippen molar-refractivity contribution >= 4 is 21.6 Å². The number of hydrogen-bond donors (Lipinski definition) is 2. The summed E-state index contributed by atoms with van der Waals surface area (Å²) in [7, 11) is 0. The van der Waals surface area contributed by atoms with Crippen molar-refractivity contribution in [3.8, 4) is 0 Å². The van der Waals surface area contributed by atoms with Gasteiger partial charge in [-0.05, 0) is 46.3 Å². The van der Waals surface area contributed by atoms with E-state index in [1.807, 2.05) is 12.1 Å². The van der Waals surface area contributed by atoms with Crippen molar-refractivity contribution in [2.24, 2.45) is 0 Å². The van der Waals surface area contributed by atoms with Gasteiger partial charge in [-0.25, -0.2) is 0 Å². The first-order valence-corrected chi connectivity index (χ1v) is 5.99. The molecule has 0 radical (unpaired) electrons. The molecule has 2 nitrogen and oxygen atoms in total. The molecular weight excluding hydrogens is 309 g/mol. The van der Waals surface area contributed by atoms with E-state index in [4.69, 9.17) is 0 Å². The van der Waals surface area contributed by atoms with Crippen LogP contribution in [0, 0.1) is 0 Å². The zero-order chi connectivity index (χ0) is 13.2. The third-order valence-electron chi connectivity index (χ3n) is 2.43. The number of nitrogens with one attached hydrogen (secondary N) is 2. The Morgan fingerprint density at radius 2 is 2.00 bits per heavy atom. The molecule has 0 aliphatic rings. The normalized spacial score (nSPS) is 11.6. The molecule has 6 heteroatoms. The fraction of sp³-hybridized carbons (Fsp3) is 0.167. The largest absolute Gasteiger partial charge is 0.416 e. The summed E-state index contributed by atoms with van der Waals surface area (Å²) in [4.78, 5) is 2.97. The number of alkyl halides is 3. The summed E-state index contributed by atoms with van der Waals surface area (Å²) >= 11 is 3.22. The molecule has 1 aromatic carbocycles. The number of rotatable bonds is 3. The van der Waals surface area contributed by atoms with E-state index in [1.165, 1.54) is 6.07 Å². The molecular formula is C12H10BrF3N2. The second-order valence-corrected chi connectivity index (χ2v) is 4.60. The van der Waals surface area contributed by atoms with E-state index in [-0.39, 0.29) is 0 Å². The SMILES string of the molecule is FC(F)(F)c1ccc(Br)c(NCc2ccc[nH]2)c1. The van der Waals surface area contributed by atoms with E-state index >= 15 is 0 Å². The molecule has 2 aromatic rings. The summed E-state index contributed by atoms with van der Waals surface area (Å²) in [5, 5.41) is 2.95. The van der Waals surface area contributed by atoms with Gasteiger partial charge in [-0.2, -0.15) is 13.2 Å². The first-order chi connectivity index (χ1) is 8.47. The lowest BCUT2D eigenvalue weighted by Gasteiger charge is -2.12. The molecule has 96 valence electrons. The van der Waals surface area contributed by atoms with Gasteiger partial charge in [0.15, 0.2) is 0 Å². The molecule has 0 aliphatic heterocycles. The molecule has 0 bridgehead atoms. The zero-order valence-corrected chi connectivity index (χ0v) is 10.8. The number of aromatic nitrogens is 1. The average Bonchev–Trinajstić information content (AvgIpc) is 2.79. The number of anilines is 1. The lowest BCUT2D eigenvalue weighted by atomic mass is 10.2. The minimum Gasteiger partial charge on any atom is -0.379 e. The van der Waals surface area contributed by atoms with E-state index in [9.17, 15) is 13.2 Å². The number of benzene rings is 1. The molecule has 0 aliphatic carbocycles. The second-order valence-electron chi connectivity index (χ2n) is 3.74. The number of H-pyrrole nitrogens is 1. The maximum absolute atomic E-state index is 12.6. The minimum atomic E-state index is -4.33. The quantitative estimate of drug-likeness (QED) is 0.862. The predicted octanol–water partition coefficient (Wildman–Crippen LogP) is 4.41. The highest BCUT2D eigenvalue weighted by Gasteiger charge is 2.30. The van der Waals surface area contributed by atoms with E-state index in [0.717, 1.165) is 17.8 Å². The summed E-state index contributed by atoms with van der Waals surface area (Å²) in [5.41, 5.74) is 0.651. The van der Waals surface area contributed by atoms with Crippen molar-refractivity contribution in [3.63, 3.8) is 0 Å². The molecule has 0 saturated carbocycles. The predicted molar refractivity (Wildman–Crippen MR) is 67.3 cm³/mol. The summed E-state index contributed by atoms with van der Waals surface area (Å²) < 4.78 is 38.3. The molecule has 1 heterocycles. The Hall–Kier alpha value is -1.43. The van der Waals surface area contributed by atoms with Gasteiger partial charge in [0.05, 0.1) is 12.1 Å². The second kappa shape index (κ2) is 5.06. The first kappa shape index (κ1) is 13.0. The van der Waals surface area contributed by atoms with Crippen molar-refractivity contribution in [3.05, 3.63) is 52.3 Å². The smallest absolute Gasteiger partial charge is 0.379 e. The van der Waals surface area contributed by atoms with E-state index in [0.29, 0.717) is 16.7 Å². The van der Waals surface area contributed by atoms with Gasteiger partial charge in [-0.15, -0.1) is 0 Å². The molecule has 1 aromatic heterocycles. The van der Waals surface area contributed by atoms with Crippen LogP contribution in [-0.2, 0) is 12.7 Å². The van der Waals surface area contributed by atoms with Gasteiger partial charge >= 0.3 is 6.18 Å². The van der Waals surface area contributed by atoms with Gasteiger partial charge < -0.3 is 10.3 Å². The zero-order valence-electron chi connectivity index (χ0n) is 9.18. The van der Waals surface area contributed by atoms with E-state index in [1.54, 1.807) is 6.20 Å². The molecule has 2 rings (SSSR count). The lowest BCUT2D eigenvalue weighted by Crippen LogP contribution is -2.07. The van der Waals surface area contributed by atoms with Crippen LogP contribution in [0.25, 0.3) is 0 Å². The van der Waals surface area contributed by atoms with Crippen LogP contribution in [0.15, 0.2) is 41.0 Å². The third-order valence-corrected chi connectivity index (χ3v) is 3.12. The van der Waals surface area contributed by atoms with Crippen molar-refractivity contribution < 1.29 is 13.2 Å². The lowest BCUT2D eigenvalue weighted by molar-refractivity contribution is -0.137. The van der Waals surface area contributed by atoms with Crippen LogP contribution in [-0.4, -0.2) is 4.98 Å². The summed E-state index contributed by atoms with van der Waals surface area (Å²) in [6.07, 6.45) is -2.57. The molecule has 18 heavy (non-hydrogen) atoms. The standard InChI is InChI=1S/C12H10BrF3N2/c13-10-4-3-8(12(14,15)16)6-11(10)18-7-9-2-1-5-17-9/h1-6,17-18H,7H2. The van der Waals surface area contributed by atoms with Crippen LogP contribution in [0.3, 0.4) is 0 Å². The Labute approximate surface area is 110 Å². The summed E-state index contributed by atoms with van der Waals surface area (Å²) in [5.74, 6) is 0. The van der Waals surface area contributed by atoms with Crippen LogP contribution >= 0.6 is 15.9 Å². The summed E-state index contributed by atoms with van der Waals surface area (Å²) in [6.45, 7) is 0.437. The number of hydrogen-bond acceptors (Lipinski definition) is 1.